The lowest BCUT2D eigenvalue weighted by atomic mass is 10.1. The minimum atomic E-state index is 0.864. The lowest BCUT2D eigenvalue weighted by Crippen LogP contribution is -2.14. The topological polar surface area (TPSA) is 29.9 Å². The van der Waals surface area contributed by atoms with Gasteiger partial charge in [0.2, 0.25) is 0 Å². The number of hydrogen-bond donors (Lipinski definition) is 1. The van der Waals surface area contributed by atoms with E-state index in [9.17, 15) is 0 Å². The van der Waals surface area contributed by atoms with Crippen LogP contribution in [0.3, 0.4) is 0 Å². The Labute approximate surface area is 122 Å². The van der Waals surface area contributed by atoms with Gasteiger partial charge in [0.1, 0.15) is 0 Å². The van der Waals surface area contributed by atoms with Gasteiger partial charge in [0.25, 0.3) is 0 Å². The fourth-order valence-electron chi connectivity index (χ4n) is 2.50. The van der Waals surface area contributed by atoms with Gasteiger partial charge in [-0.05, 0) is 25.5 Å². The van der Waals surface area contributed by atoms with Crippen LogP contribution >= 0.6 is 0 Å². The van der Waals surface area contributed by atoms with Crippen molar-refractivity contribution in [2.75, 3.05) is 6.54 Å². The molecule has 1 aromatic heterocycles. The van der Waals surface area contributed by atoms with Crippen molar-refractivity contribution in [3.63, 3.8) is 0 Å². The fourth-order valence-corrected chi connectivity index (χ4v) is 2.50. The van der Waals surface area contributed by atoms with E-state index in [1.807, 2.05) is 6.20 Å². The number of benzene rings is 1. The Bertz CT molecular complexity index is 543. The molecule has 1 N–H and O–H groups in total. The molecule has 1 heterocycles. The summed E-state index contributed by atoms with van der Waals surface area (Å²) in [5, 5.41) is 7.99. The van der Waals surface area contributed by atoms with Gasteiger partial charge in [-0.25, -0.2) is 0 Å². The van der Waals surface area contributed by atoms with Gasteiger partial charge in [-0.1, -0.05) is 50.1 Å². The van der Waals surface area contributed by atoms with Crippen LogP contribution in [-0.4, -0.2) is 16.3 Å². The molecule has 0 fully saturated rings. The third-order valence-electron chi connectivity index (χ3n) is 3.50. The zero-order valence-corrected chi connectivity index (χ0v) is 12.8. The normalized spacial score (nSPS) is 10.9. The molecule has 0 saturated heterocycles. The summed E-state index contributed by atoms with van der Waals surface area (Å²) >= 11 is 0. The van der Waals surface area contributed by atoms with Gasteiger partial charge < -0.3 is 5.32 Å². The average Bonchev–Trinajstić information content (AvgIpc) is 2.80. The lowest BCUT2D eigenvalue weighted by molar-refractivity contribution is 0.629. The zero-order valence-electron chi connectivity index (χ0n) is 12.8. The highest BCUT2D eigenvalue weighted by Gasteiger charge is 2.10. The SMILES string of the molecule is CCCc1c(CNCC)cnn1Cc1cccc(C)c1. The van der Waals surface area contributed by atoms with Crippen LogP contribution in [0.5, 0.6) is 0 Å². The zero-order chi connectivity index (χ0) is 14.4. The van der Waals surface area contributed by atoms with Crippen LogP contribution in [0.1, 0.15) is 42.7 Å². The second-order valence-electron chi connectivity index (χ2n) is 5.29. The van der Waals surface area contributed by atoms with Gasteiger partial charge in [0, 0.05) is 17.8 Å². The van der Waals surface area contributed by atoms with Crippen LogP contribution in [-0.2, 0) is 19.5 Å². The van der Waals surface area contributed by atoms with Crippen molar-refractivity contribution < 1.29 is 0 Å². The van der Waals surface area contributed by atoms with E-state index in [4.69, 9.17) is 0 Å². The molecule has 0 atom stereocenters. The molecule has 0 radical (unpaired) electrons. The second-order valence-corrected chi connectivity index (χ2v) is 5.29. The maximum atomic E-state index is 4.59. The van der Waals surface area contributed by atoms with Crippen LogP contribution in [0.15, 0.2) is 30.5 Å². The van der Waals surface area contributed by atoms with Gasteiger partial charge in [-0.3, -0.25) is 4.68 Å². The summed E-state index contributed by atoms with van der Waals surface area (Å²) in [5.41, 5.74) is 5.33. The first-order valence-corrected chi connectivity index (χ1v) is 7.54. The summed E-state index contributed by atoms with van der Waals surface area (Å²) in [6.07, 6.45) is 4.26. The summed E-state index contributed by atoms with van der Waals surface area (Å²) < 4.78 is 2.16. The summed E-state index contributed by atoms with van der Waals surface area (Å²) in [6, 6.07) is 8.67. The molecule has 0 amide bonds. The Balaban J connectivity index is 2.20. The number of aryl methyl sites for hydroxylation is 1. The number of rotatable bonds is 7. The molecule has 3 heteroatoms. The van der Waals surface area contributed by atoms with Gasteiger partial charge in [-0.2, -0.15) is 5.10 Å². The Hall–Kier alpha value is -1.61. The summed E-state index contributed by atoms with van der Waals surface area (Å²) in [4.78, 5) is 0. The van der Waals surface area contributed by atoms with Crippen molar-refractivity contribution >= 4 is 0 Å². The first kappa shape index (κ1) is 14.8. The highest BCUT2D eigenvalue weighted by molar-refractivity contribution is 5.24. The van der Waals surface area contributed by atoms with Crippen LogP contribution in [0.25, 0.3) is 0 Å². The summed E-state index contributed by atoms with van der Waals surface area (Å²) in [7, 11) is 0. The van der Waals surface area contributed by atoms with Crippen molar-refractivity contribution in [1.82, 2.24) is 15.1 Å². The minimum Gasteiger partial charge on any atom is -0.313 e. The molecule has 0 bridgehead atoms. The molecule has 0 aliphatic carbocycles. The standard InChI is InChI=1S/C17H25N3/c1-4-7-17-16(11-18-5-2)12-19-20(17)13-15-9-6-8-14(3)10-15/h6,8-10,12,18H,4-5,7,11,13H2,1-3H3. The highest BCUT2D eigenvalue weighted by atomic mass is 15.3. The third kappa shape index (κ3) is 3.70. The van der Waals surface area contributed by atoms with E-state index in [0.717, 1.165) is 32.5 Å². The van der Waals surface area contributed by atoms with Crippen LogP contribution in [0.4, 0.5) is 0 Å². The first-order chi connectivity index (χ1) is 9.74. The number of hydrogen-bond acceptors (Lipinski definition) is 2. The molecule has 2 aromatic rings. The number of aromatic nitrogens is 2. The van der Waals surface area contributed by atoms with Crippen molar-refractivity contribution in [3.8, 4) is 0 Å². The van der Waals surface area contributed by atoms with E-state index in [2.05, 4.69) is 60.1 Å². The fraction of sp³-hybridized carbons (Fsp3) is 0.471. The molecule has 0 aliphatic heterocycles. The van der Waals surface area contributed by atoms with Crippen molar-refractivity contribution in [3.05, 3.63) is 52.8 Å². The predicted octanol–water partition coefficient (Wildman–Crippen LogP) is 3.30. The molecular weight excluding hydrogens is 246 g/mol. The van der Waals surface area contributed by atoms with Crippen LogP contribution in [0.2, 0.25) is 0 Å². The monoisotopic (exact) mass is 271 g/mol. The van der Waals surface area contributed by atoms with Crippen molar-refractivity contribution in [1.29, 1.82) is 0 Å². The molecule has 0 aliphatic rings. The van der Waals surface area contributed by atoms with E-state index in [-0.39, 0.29) is 0 Å². The largest absolute Gasteiger partial charge is 0.313 e. The maximum Gasteiger partial charge on any atom is 0.0662 e. The molecule has 20 heavy (non-hydrogen) atoms. The van der Waals surface area contributed by atoms with Crippen LogP contribution < -0.4 is 5.32 Å². The molecule has 0 unspecified atom stereocenters. The van der Waals surface area contributed by atoms with E-state index in [1.165, 1.54) is 22.4 Å². The smallest absolute Gasteiger partial charge is 0.0662 e. The predicted molar refractivity (Wildman–Crippen MR) is 83.9 cm³/mol. The maximum absolute atomic E-state index is 4.59. The van der Waals surface area contributed by atoms with E-state index in [0.29, 0.717) is 0 Å². The Morgan fingerprint density at radius 1 is 1.25 bits per heavy atom. The molecule has 1 aromatic carbocycles. The summed E-state index contributed by atoms with van der Waals surface area (Å²) in [5.74, 6) is 0. The Morgan fingerprint density at radius 3 is 2.80 bits per heavy atom. The van der Waals surface area contributed by atoms with Gasteiger partial charge in [-0.15, -0.1) is 0 Å². The molecule has 2 rings (SSSR count). The van der Waals surface area contributed by atoms with E-state index < -0.39 is 0 Å². The Morgan fingerprint density at radius 2 is 2.10 bits per heavy atom. The average molecular weight is 271 g/mol. The highest BCUT2D eigenvalue weighted by Crippen LogP contribution is 2.14. The van der Waals surface area contributed by atoms with E-state index >= 15 is 0 Å². The first-order valence-electron chi connectivity index (χ1n) is 7.54. The number of nitrogens with one attached hydrogen (secondary N) is 1. The van der Waals surface area contributed by atoms with E-state index in [1.54, 1.807) is 0 Å². The van der Waals surface area contributed by atoms with Gasteiger partial charge >= 0.3 is 0 Å². The molecular formula is C17H25N3. The molecule has 108 valence electrons. The van der Waals surface area contributed by atoms with Gasteiger partial charge in [0.15, 0.2) is 0 Å². The van der Waals surface area contributed by atoms with Gasteiger partial charge in [0.05, 0.1) is 12.7 Å². The lowest BCUT2D eigenvalue weighted by Gasteiger charge is -2.10. The second kappa shape index (κ2) is 7.25. The molecule has 3 nitrogen and oxygen atoms in total. The Kier molecular flexibility index (Phi) is 5.36. The van der Waals surface area contributed by atoms with Crippen molar-refractivity contribution in [2.45, 2.75) is 46.7 Å². The van der Waals surface area contributed by atoms with Crippen molar-refractivity contribution in [2.24, 2.45) is 0 Å². The molecule has 0 saturated carbocycles. The third-order valence-corrected chi connectivity index (χ3v) is 3.50. The molecule has 0 spiro atoms. The minimum absolute atomic E-state index is 0.864. The number of nitrogens with zero attached hydrogens (tertiary/aromatic N) is 2. The quantitative estimate of drug-likeness (QED) is 0.837. The summed E-state index contributed by atoms with van der Waals surface area (Å²) in [6.45, 7) is 9.27. The van der Waals surface area contributed by atoms with Crippen LogP contribution in [0, 0.1) is 6.92 Å².